The molecule has 5 heteroatoms. The van der Waals surface area contributed by atoms with Crippen molar-refractivity contribution in [2.75, 3.05) is 26.2 Å². The third-order valence-electron chi connectivity index (χ3n) is 4.72. The minimum atomic E-state index is 0.101. The zero-order chi connectivity index (χ0) is 15.4. The van der Waals surface area contributed by atoms with Gasteiger partial charge in [0.05, 0.1) is 6.61 Å². The van der Waals surface area contributed by atoms with Crippen LogP contribution in [0, 0.1) is 0 Å². The molecule has 22 heavy (non-hydrogen) atoms. The summed E-state index contributed by atoms with van der Waals surface area (Å²) in [5.41, 5.74) is 2.24. The summed E-state index contributed by atoms with van der Waals surface area (Å²) in [7, 11) is 0. The summed E-state index contributed by atoms with van der Waals surface area (Å²) >= 11 is 0. The Balaban J connectivity index is 1.49. The van der Waals surface area contributed by atoms with Gasteiger partial charge in [0, 0.05) is 38.8 Å². The molecule has 2 N–H and O–H groups in total. The van der Waals surface area contributed by atoms with Crippen molar-refractivity contribution in [1.29, 1.82) is 0 Å². The van der Waals surface area contributed by atoms with Gasteiger partial charge in [-0.25, -0.2) is 4.79 Å². The number of piperidine rings is 1. The molecule has 1 aromatic rings. The molecule has 2 heterocycles. The summed E-state index contributed by atoms with van der Waals surface area (Å²) < 4.78 is 0. The molecule has 1 aromatic carbocycles. The fourth-order valence-corrected chi connectivity index (χ4v) is 3.39. The smallest absolute Gasteiger partial charge is 0.317 e. The predicted octanol–water partition coefficient (Wildman–Crippen LogP) is 1.56. The minimum Gasteiger partial charge on any atom is -0.392 e. The Bertz CT molecular complexity index is 495. The van der Waals surface area contributed by atoms with Gasteiger partial charge in [0.1, 0.15) is 0 Å². The van der Waals surface area contributed by atoms with Gasteiger partial charge in [-0.3, -0.25) is 4.90 Å². The number of nitrogens with zero attached hydrogens (tertiary/aromatic N) is 2. The van der Waals surface area contributed by atoms with Crippen LogP contribution in [0.15, 0.2) is 24.3 Å². The highest BCUT2D eigenvalue weighted by Crippen LogP contribution is 2.20. The normalized spacial score (nSPS) is 21.0. The van der Waals surface area contributed by atoms with E-state index in [0.717, 1.165) is 57.5 Å². The first-order valence-corrected chi connectivity index (χ1v) is 8.22. The molecule has 0 bridgehead atoms. The number of hydrogen-bond donors (Lipinski definition) is 2. The molecule has 2 saturated heterocycles. The lowest BCUT2D eigenvalue weighted by atomic mass is 10.0. The van der Waals surface area contributed by atoms with Crippen molar-refractivity contribution in [1.82, 2.24) is 15.1 Å². The van der Waals surface area contributed by atoms with Crippen LogP contribution in [0.2, 0.25) is 0 Å². The lowest BCUT2D eigenvalue weighted by molar-refractivity contribution is 0.109. The second-order valence-corrected chi connectivity index (χ2v) is 6.26. The summed E-state index contributed by atoms with van der Waals surface area (Å²) in [5, 5.41) is 12.0. The molecule has 0 spiro atoms. The van der Waals surface area contributed by atoms with Crippen molar-refractivity contribution in [3.8, 4) is 0 Å². The van der Waals surface area contributed by atoms with Crippen molar-refractivity contribution in [2.24, 2.45) is 0 Å². The van der Waals surface area contributed by atoms with Gasteiger partial charge >= 0.3 is 6.03 Å². The molecule has 0 saturated carbocycles. The van der Waals surface area contributed by atoms with Crippen molar-refractivity contribution in [2.45, 2.75) is 38.5 Å². The van der Waals surface area contributed by atoms with Crippen LogP contribution in [0.3, 0.4) is 0 Å². The highest BCUT2D eigenvalue weighted by Gasteiger charge is 2.29. The van der Waals surface area contributed by atoms with Crippen molar-refractivity contribution < 1.29 is 9.90 Å². The Morgan fingerprint density at radius 2 is 1.77 bits per heavy atom. The van der Waals surface area contributed by atoms with E-state index in [9.17, 15) is 4.79 Å². The van der Waals surface area contributed by atoms with E-state index < -0.39 is 0 Å². The first-order valence-electron chi connectivity index (χ1n) is 8.22. The summed E-state index contributed by atoms with van der Waals surface area (Å²) in [6, 6.07) is 8.67. The molecular formula is C17H25N3O2. The third-order valence-corrected chi connectivity index (χ3v) is 4.72. The van der Waals surface area contributed by atoms with Gasteiger partial charge in [0.2, 0.25) is 0 Å². The maximum Gasteiger partial charge on any atom is 0.317 e. The van der Waals surface area contributed by atoms with Crippen LogP contribution in [0.5, 0.6) is 0 Å². The first kappa shape index (κ1) is 15.3. The molecule has 5 nitrogen and oxygen atoms in total. The third kappa shape index (κ3) is 3.59. The molecule has 2 fully saturated rings. The van der Waals surface area contributed by atoms with Gasteiger partial charge in [-0.05, 0) is 30.4 Å². The van der Waals surface area contributed by atoms with E-state index in [2.05, 4.69) is 22.3 Å². The van der Waals surface area contributed by atoms with Gasteiger partial charge in [0.15, 0.2) is 0 Å². The zero-order valence-corrected chi connectivity index (χ0v) is 13.0. The number of amides is 2. The van der Waals surface area contributed by atoms with Crippen LogP contribution in [0.25, 0.3) is 0 Å². The second-order valence-electron chi connectivity index (χ2n) is 6.26. The summed E-state index contributed by atoms with van der Waals surface area (Å²) in [5.74, 6) is 0. The molecule has 2 amide bonds. The first-order chi connectivity index (χ1) is 10.8. The van der Waals surface area contributed by atoms with Gasteiger partial charge in [-0.15, -0.1) is 0 Å². The Morgan fingerprint density at radius 1 is 1.09 bits per heavy atom. The second kappa shape index (κ2) is 7.11. The summed E-state index contributed by atoms with van der Waals surface area (Å²) in [6.45, 7) is 4.84. The van der Waals surface area contributed by atoms with Crippen LogP contribution in [0.4, 0.5) is 4.79 Å². The van der Waals surface area contributed by atoms with Crippen LogP contribution in [-0.2, 0) is 13.2 Å². The fraction of sp³-hybridized carbons (Fsp3) is 0.588. The zero-order valence-electron chi connectivity index (χ0n) is 13.0. The number of urea groups is 1. The van der Waals surface area contributed by atoms with E-state index in [0.29, 0.717) is 6.04 Å². The maximum atomic E-state index is 11.9. The number of nitrogens with one attached hydrogen (secondary N) is 1. The van der Waals surface area contributed by atoms with E-state index in [1.165, 1.54) is 5.56 Å². The van der Waals surface area contributed by atoms with E-state index in [4.69, 9.17) is 5.11 Å². The Hall–Kier alpha value is -1.59. The lowest BCUT2D eigenvalue weighted by Crippen LogP contribution is -2.54. The number of aliphatic hydroxyl groups excluding tert-OH is 1. The quantitative estimate of drug-likeness (QED) is 0.887. The average Bonchev–Trinajstić information content (AvgIpc) is 2.57. The van der Waals surface area contributed by atoms with Crippen LogP contribution in [-0.4, -0.2) is 53.2 Å². The minimum absolute atomic E-state index is 0.101. The molecule has 2 aliphatic rings. The molecule has 0 unspecified atom stereocenters. The van der Waals surface area contributed by atoms with Gasteiger partial charge < -0.3 is 15.3 Å². The Morgan fingerprint density at radius 3 is 2.41 bits per heavy atom. The van der Waals surface area contributed by atoms with E-state index >= 15 is 0 Å². The molecule has 0 aliphatic carbocycles. The molecule has 0 atom stereocenters. The Kier molecular flexibility index (Phi) is 4.95. The largest absolute Gasteiger partial charge is 0.392 e. The van der Waals surface area contributed by atoms with Crippen molar-refractivity contribution >= 4 is 6.03 Å². The summed E-state index contributed by atoms with van der Waals surface area (Å²) in [4.78, 5) is 16.4. The SMILES string of the molecule is O=C1NCCCN1C1CCN(Cc2ccc(CO)cc2)CC1. The predicted molar refractivity (Wildman–Crippen MR) is 85.4 cm³/mol. The van der Waals surface area contributed by atoms with Crippen LogP contribution in [0.1, 0.15) is 30.4 Å². The van der Waals surface area contributed by atoms with Gasteiger partial charge in [-0.2, -0.15) is 0 Å². The van der Waals surface area contributed by atoms with Gasteiger partial charge in [0.25, 0.3) is 0 Å². The lowest BCUT2D eigenvalue weighted by Gasteiger charge is -2.40. The highest BCUT2D eigenvalue weighted by atomic mass is 16.3. The molecule has 3 rings (SSSR count). The number of rotatable bonds is 4. The van der Waals surface area contributed by atoms with Crippen LogP contribution < -0.4 is 5.32 Å². The number of hydrogen-bond acceptors (Lipinski definition) is 3. The van der Waals surface area contributed by atoms with Gasteiger partial charge in [-0.1, -0.05) is 24.3 Å². The van der Waals surface area contributed by atoms with Crippen molar-refractivity contribution in [3.63, 3.8) is 0 Å². The number of carbonyl (C=O) groups excluding carboxylic acids is 1. The molecule has 2 aliphatic heterocycles. The monoisotopic (exact) mass is 303 g/mol. The topological polar surface area (TPSA) is 55.8 Å². The Labute approximate surface area is 131 Å². The molecular weight excluding hydrogens is 278 g/mol. The maximum absolute atomic E-state index is 11.9. The number of carbonyl (C=O) groups is 1. The standard InChI is InChI=1S/C17H25N3O2/c21-13-15-4-2-14(3-5-15)12-19-10-6-16(7-11-19)20-9-1-8-18-17(20)22/h2-5,16,21H,1,6-13H2,(H,18,22). The van der Waals surface area contributed by atoms with E-state index in [-0.39, 0.29) is 12.6 Å². The molecule has 0 aromatic heterocycles. The summed E-state index contributed by atoms with van der Waals surface area (Å²) in [6.07, 6.45) is 3.17. The average molecular weight is 303 g/mol. The highest BCUT2D eigenvalue weighted by molar-refractivity contribution is 5.75. The van der Waals surface area contributed by atoms with Crippen molar-refractivity contribution in [3.05, 3.63) is 35.4 Å². The molecule has 120 valence electrons. The number of aliphatic hydroxyl groups is 1. The van der Waals surface area contributed by atoms with Crippen LogP contribution >= 0.6 is 0 Å². The number of likely N-dealkylation sites (tertiary alicyclic amines) is 1. The fourth-order valence-electron chi connectivity index (χ4n) is 3.39. The van der Waals surface area contributed by atoms with E-state index in [1.807, 2.05) is 17.0 Å². The van der Waals surface area contributed by atoms with E-state index in [1.54, 1.807) is 0 Å². The molecule has 0 radical (unpaired) electrons. The number of benzene rings is 1.